The Labute approximate surface area is 117 Å². The van der Waals surface area contributed by atoms with E-state index >= 15 is 0 Å². The molecule has 0 aliphatic rings. The maximum Gasteiger partial charge on any atom is 0.319 e. The van der Waals surface area contributed by atoms with E-state index in [1.165, 1.54) is 18.2 Å². The van der Waals surface area contributed by atoms with E-state index in [9.17, 15) is 14.0 Å². The third kappa shape index (κ3) is 4.87. The van der Waals surface area contributed by atoms with Crippen molar-refractivity contribution in [3.05, 3.63) is 29.6 Å². The molecule has 5 nitrogen and oxygen atoms in total. The Bertz CT molecular complexity index is 491. The van der Waals surface area contributed by atoms with Gasteiger partial charge in [-0.1, -0.05) is 6.92 Å². The number of urea groups is 1. The lowest BCUT2D eigenvalue weighted by molar-refractivity contribution is -0.122. The summed E-state index contributed by atoms with van der Waals surface area (Å²) in [6, 6.07) is 2.93. The number of anilines is 1. The van der Waals surface area contributed by atoms with Crippen molar-refractivity contribution in [2.24, 2.45) is 0 Å². The quantitative estimate of drug-likeness (QED) is 0.774. The molecule has 1 aromatic rings. The Kier molecular flexibility index (Phi) is 5.96. The van der Waals surface area contributed by atoms with Gasteiger partial charge < -0.3 is 16.0 Å². The largest absolute Gasteiger partial charge is 0.354 e. The van der Waals surface area contributed by atoms with Gasteiger partial charge in [-0.3, -0.25) is 4.79 Å². The lowest BCUT2D eigenvalue weighted by atomic mass is 10.2. The van der Waals surface area contributed by atoms with E-state index in [2.05, 4.69) is 16.0 Å². The molecule has 0 unspecified atom stereocenters. The molecular weight excluding hydrogens is 261 g/mol. The molecule has 0 saturated carbocycles. The molecule has 1 aromatic carbocycles. The number of amides is 3. The van der Waals surface area contributed by atoms with Crippen LogP contribution >= 0.6 is 0 Å². The molecule has 0 spiro atoms. The summed E-state index contributed by atoms with van der Waals surface area (Å²) < 4.78 is 12.9. The zero-order valence-electron chi connectivity index (χ0n) is 11.9. The van der Waals surface area contributed by atoms with Gasteiger partial charge in [0.1, 0.15) is 11.9 Å². The molecule has 0 aliphatic heterocycles. The van der Waals surface area contributed by atoms with Gasteiger partial charge in [-0.2, -0.15) is 0 Å². The Morgan fingerprint density at radius 3 is 2.65 bits per heavy atom. The van der Waals surface area contributed by atoms with Crippen LogP contribution in [0.25, 0.3) is 0 Å². The average Bonchev–Trinajstić information content (AvgIpc) is 2.39. The average molecular weight is 281 g/mol. The summed E-state index contributed by atoms with van der Waals surface area (Å²) >= 11 is 0. The summed E-state index contributed by atoms with van der Waals surface area (Å²) in [5, 5.41) is 7.79. The molecule has 20 heavy (non-hydrogen) atoms. The highest BCUT2D eigenvalue weighted by atomic mass is 19.1. The van der Waals surface area contributed by atoms with Crippen LogP contribution in [0.3, 0.4) is 0 Å². The number of hydrogen-bond acceptors (Lipinski definition) is 2. The topological polar surface area (TPSA) is 70.2 Å². The van der Waals surface area contributed by atoms with Gasteiger partial charge in [-0.05, 0) is 44.0 Å². The highest BCUT2D eigenvalue weighted by molar-refractivity contribution is 5.94. The monoisotopic (exact) mass is 281 g/mol. The molecule has 0 heterocycles. The van der Waals surface area contributed by atoms with Gasteiger partial charge in [-0.25, -0.2) is 9.18 Å². The molecule has 0 radical (unpaired) electrons. The molecule has 0 fully saturated rings. The molecule has 6 heteroatoms. The number of nitrogens with one attached hydrogen (secondary N) is 3. The first-order valence-corrected chi connectivity index (χ1v) is 6.55. The van der Waals surface area contributed by atoms with Gasteiger partial charge in [0.15, 0.2) is 0 Å². The third-order valence-corrected chi connectivity index (χ3v) is 2.73. The van der Waals surface area contributed by atoms with Crippen LogP contribution in [0.2, 0.25) is 0 Å². The molecule has 1 atom stereocenters. The summed E-state index contributed by atoms with van der Waals surface area (Å²) in [5.74, 6) is -0.599. The van der Waals surface area contributed by atoms with Gasteiger partial charge in [0, 0.05) is 12.2 Å². The summed E-state index contributed by atoms with van der Waals surface area (Å²) in [6.07, 6.45) is 0.833. The minimum atomic E-state index is -0.637. The predicted octanol–water partition coefficient (Wildman–Crippen LogP) is 2.17. The van der Waals surface area contributed by atoms with Crippen LogP contribution in [-0.4, -0.2) is 24.5 Å². The Morgan fingerprint density at radius 2 is 2.05 bits per heavy atom. The number of carbonyl (C=O) groups is 2. The number of carbonyl (C=O) groups excluding carboxylic acids is 2. The molecule has 0 saturated heterocycles. The molecule has 110 valence electrons. The number of aryl methyl sites for hydroxylation is 1. The predicted molar refractivity (Wildman–Crippen MR) is 76.1 cm³/mol. The van der Waals surface area contributed by atoms with Gasteiger partial charge in [0.25, 0.3) is 0 Å². The summed E-state index contributed by atoms with van der Waals surface area (Å²) in [6.45, 7) is 5.81. The Balaban J connectivity index is 2.52. The fourth-order valence-electron chi connectivity index (χ4n) is 1.59. The maximum atomic E-state index is 12.9. The van der Waals surface area contributed by atoms with Crippen molar-refractivity contribution in [3.8, 4) is 0 Å². The lowest BCUT2D eigenvalue weighted by Gasteiger charge is -2.15. The summed E-state index contributed by atoms with van der Waals surface area (Å²) in [5.41, 5.74) is 1.12. The Morgan fingerprint density at radius 1 is 1.35 bits per heavy atom. The van der Waals surface area contributed by atoms with Gasteiger partial charge in [0.05, 0.1) is 0 Å². The first-order chi connectivity index (χ1) is 9.43. The van der Waals surface area contributed by atoms with E-state index in [1.807, 2.05) is 6.92 Å². The van der Waals surface area contributed by atoms with Crippen molar-refractivity contribution in [3.63, 3.8) is 0 Å². The van der Waals surface area contributed by atoms with E-state index in [1.54, 1.807) is 13.8 Å². The zero-order valence-corrected chi connectivity index (χ0v) is 11.9. The van der Waals surface area contributed by atoms with E-state index < -0.39 is 12.1 Å². The first kappa shape index (κ1) is 15.9. The number of hydrogen-bond donors (Lipinski definition) is 3. The summed E-state index contributed by atoms with van der Waals surface area (Å²) in [7, 11) is 0. The minimum Gasteiger partial charge on any atom is -0.354 e. The van der Waals surface area contributed by atoms with E-state index in [0.717, 1.165) is 6.42 Å². The summed E-state index contributed by atoms with van der Waals surface area (Å²) in [4.78, 5) is 23.3. The molecule has 3 amide bonds. The fraction of sp³-hybridized carbons (Fsp3) is 0.429. The van der Waals surface area contributed by atoms with Crippen LogP contribution in [0.1, 0.15) is 25.8 Å². The van der Waals surface area contributed by atoms with Crippen LogP contribution < -0.4 is 16.0 Å². The molecule has 0 aliphatic carbocycles. The van der Waals surface area contributed by atoms with Crippen LogP contribution in [-0.2, 0) is 4.79 Å². The van der Waals surface area contributed by atoms with Crippen molar-refractivity contribution in [1.29, 1.82) is 0 Å². The second-order valence-corrected chi connectivity index (χ2v) is 4.57. The van der Waals surface area contributed by atoms with Crippen molar-refractivity contribution < 1.29 is 14.0 Å². The van der Waals surface area contributed by atoms with Gasteiger partial charge in [0.2, 0.25) is 5.91 Å². The van der Waals surface area contributed by atoms with E-state index in [0.29, 0.717) is 17.8 Å². The van der Waals surface area contributed by atoms with Gasteiger partial charge >= 0.3 is 6.03 Å². The normalized spacial score (nSPS) is 11.6. The van der Waals surface area contributed by atoms with E-state index in [4.69, 9.17) is 0 Å². The number of halogens is 1. The lowest BCUT2D eigenvalue weighted by Crippen LogP contribution is -2.46. The smallest absolute Gasteiger partial charge is 0.319 e. The molecule has 0 bridgehead atoms. The molecule has 3 N–H and O–H groups in total. The van der Waals surface area contributed by atoms with E-state index in [-0.39, 0.29) is 11.7 Å². The third-order valence-electron chi connectivity index (χ3n) is 2.73. The van der Waals surface area contributed by atoms with Crippen LogP contribution in [0, 0.1) is 12.7 Å². The molecular formula is C14H20FN3O2. The second-order valence-electron chi connectivity index (χ2n) is 4.57. The van der Waals surface area contributed by atoms with Crippen LogP contribution in [0.4, 0.5) is 14.9 Å². The van der Waals surface area contributed by atoms with Crippen molar-refractivity contribution in [2.45, 2.75) is 33.2 Å². The van der Waals surface area contributed by atoms with Gasteiger partial charge in [-0.15, -0.1) is 0 Å². The molecule has 0 aromatic heterocycles. The van der Waals surface area contributed by atoms with Crippen molar-refractivity contribution >= 4 is 17.6 Å². The highest BCUT2D eigenvalue weighted by Gasteiger charge is 2.15. The van der Waals surface area contributed by atoms with Crippen molar-refractivity contribution in [1.82, 2.24) is 10.6 Å². The Hall–Kier alpha value is -2.11. The van der Waals surface area contributed by atoms with Crippen LogP contribution in [0.15, 0.2) is 18.2 Å². The maximum absolute atomic E-state index is 12.9. The number of rotatable bonds is 5. The number of benzene rings is 1. The first-order valence-electron chi connectivity index (χ1n) is 6.55. The second kappa shape index (κ2) is 7.47. The highest BCUT2D eigenvalue weighted by Crippen LogP contribution is 2.15. The SMILES string of the molecule is CCCNC(=O)[C@H](C)NC(=O)Nc1ccc(F)cc1C. The molecule has 1 rings (SSSR count). The minimum absolute atomic E-state index is 0.238. The van der Waals surface area contributed by atoms with Crippen LogP contribution in [0.5, 0.6) is 0 Å². The zero-order chi connectivity index (χ0) is 15.1. The van der Waals surface area contributed by atoms with Crippen molar-refractivity contribution in [2.75, 3.05) is 11.9 Å². The standard InChI is InChI=1S/C14H20FN3O2/c1-4-7-16-13(19)10(3)17-14(20)18-12-6-5-11(15)8-9(12)2/h5-6,8,10H,4,7H2,1-3H3,(H,16,19)(H2,17,18,20)/t10-/m0/s1. The fourth-order valence-corrected chi connectivity index (χ4v) is 1.59.